The molecular weight excluding hydrogens is 253 g/mol. The average Bonchev–Trinajstić information content (AvgIpc) is 2.47. The minimum atomic E-state index is -0.173. The first-order chi connectivity index (χ1) is 9.74. The quantitative estimate of drug-likeness (QED) is 0.882. The summed E-state index contributed by atoms with van der Waals surface area (Å²) in [5, 5.41) is 3.55. The summed E-state index contributed by atoms with van der Waals surface area (Å²) in [5.74, 6) is -0.173. The number of anilines is 1. The number of hydrogen-bond donors (Lipinski definition) is 1. The van der Waals surface area contributed by atoms with Crippen LogP contribution in [0.5, 0.6) is 0 Å². The Balaban J connectivity index is 1.73. The van der Waals surface area contributed by atoms with Crippen LogP contribution < -0.4 is 5.32 Å². The topological polar surface area (TPSA) is 21.3 Å². The van der Waals surface area contributed by atoms with Crippen molar-refractivity contribution in [2.24, 2.45) is 5.41 Å². The number of rotatable bonds is 4. The van der Waals surface area contributed by atoms with Gasteiger partial charge in [-0.15, -0.1) is 0 Å². The smallest absolute Gasteiger partial charge is 0.125 e. The van der Waals surface area contributed by atoms with Crippen LogP contribution in [0.1, 0.15) is 45.4 Å². The summed E-state index contributed by atoms with van der Waals surface area (Å²) in [4.78, 5) is 0. The predicted octanol–water partition coefficient (Wildman–Crippen LogP) is 4.37. The average molecular weight is 277 g/mol. The van der Waals surface area contributed by atoms with Gasteiger partial charge in [-0.2, -0.15) is 0 Å². The lowest BCUT2D eigenvalue weighted by Gasteiger charge is -2.58. The zero-order chi connectivity index (χ0) is 14.0. The van der Waals surface area contributed by atoms with Crippen LogP contribution in [0, 0.1) is 11.2 Å². The third-order valence-electron chi connectivity index (χ3n) is 5.10. The number of halogens is 1. The Kier molecular flexibility index (Phi) is 3.97. The number of ether oxygens (including phenoxy) is 1. The van der Waals surface area contributed by atoms with E-state index < -0.39 is 0 Å². The molecule has 1 N–H and O–H groups in total. The maximum Gasteiger partial charge on any atom is 0.125 e. The van der Waals surface area contributed by atoms with Crippen LogP contribution in [-0.2, 0) is 4.74 Å². The molecule has 0 aromatic heterocycles. The van der Waals surface area contributed by atoms with Crippen molar-refractivity contribution in [2.45, 2.75) is 57.6 Å². The highest BCUT2D eigenvalue weighted by molar-refractivity contribution is 5.45. The summed E-state index contributed by atoms with van der Waals surface area (Å²) < 4.78 is 19.3. The van der Waals surface area contributed by atoms with E-state index in [9.17, 15) is 4.39 Å². The molecule has 0 amide bonds. The highest BCUT2D eigenvalue weighted by Crippen LogP contribution is 2.54. The third kappa shape index (κ3) is 2.44. The van der Waals surface area contributed by atoms with E-state index in [0.29, 0.717) is 12.1 Å². The van der Waals surface area contributed by atoms with E-state index in [0.717, 1.165) is 18.7 Å². The second-order valence-corrected chi connectivity index (χ2v) is 6.18. The predicted molar refractivity (Wildman–Crippen MR) is 79.4 cm³/mol. The molecule has 2 aliphatic carbocycles. The first-order valence-corrected chi connectivity index (χ1v) is 7.88. The summed E-state index contributed by atoms with van der Waals surface area (Å²) >= 11 is 0. The van der Waals surface area contributed by atoms with Gasteiger partial charge in [-0.25, -0.2) is 4.39 Å². The molecule has 20 heavy (non-hydrogen) atoms. The zero-order valence-corrected chi connectivity index (χ0v) is 12.2. The molecule has 1 spiro atoms. The molecule has 0 aliphatic heterocycles. The zero-order valence-electron chi connectivity index (χ0n) is 12.2. The molecule has 1 aromatic carbocycles. The minimum absolute atomic E-state index is 0.173. The maximum absolute atomic E-state index is 13.3. The molecule has 3 rings (SSSR count). The Hall–Kier alpha value is -1.09. The molecule has 110 valence electrons. The van der Waals surface area contributed by atoms with Crippen LogP contribution in [0.25, 0.3) is 0 Å². The van der Waals surface area contributed by atoms with E-state index in [1.807, 2.05) is 6.07 Å². The van der Waals surface area contributed by atoms with E-state index in [1.54, 1.807) is 12.1 Å². The van der Waals surface area contributed by atoms with E-state index in [-0.39, 0.29) is 11.2 Å². The van der Waals surface area contributed by atoms with Crippen molar-refractivity contribution in [2.75, 3.05) is 11.9 Å². The van der Waals surface area contributed by atoms with Gasteiger partial charge in [0.25, 0.3) is 0 Å². The van der Waals surface area contributed by atoms with Crippen molar-refractivity contribution in [3.05, 3.63) is 30.1 Å². The van der Waals surface area contributed by atoms with Crippen LogP contribution in [0.15, 0.2) is 24.3 Å². The van der Waals surface area contributed by atoms with Crippen molar-refractivity contribution in [3.8, 4) is 0 Å². The van der Waals surface area contributed by atoms with Crippen LogP contribution in [0.4, 0.5) is 10.1 Å². The third-order valence-corrected chi connectivity index (χ3v) is 5.10. The molecule has 3 heteroatoms. The molecular formula is C17H24FNO. The van der Waals surface area contributed by atoms with Crippen molar-refractivity contribution in [1.29, 1.82) is 0 Å². The lowest BCUT2D eigenvalue weighted by atomic mass is 9.55. The standard InChI is InChI=1S/C17H24FNO/c1-2-20-16-12-15(17(16)9-4-3-5-10-17)19-14-8-6-7-13(18)11-14/h6-8,11,15-16,19H,2-5,9-10,12H2,1H3. The number of benzene rings is 1. The molecule has 2 aliphatic rings. The molecule has 2 saturated carbocycles. The monoisotopic (exact) mass is 277 g/mol. The van der Waals surface area contributed by atoms with Gasteiger partial charge in [0.2, 0.25) is 0 Å². The van der Waals surface area contributed by atoms with E-state index in [2.05, 4.69) is 12.2 Å². The largest absolute Gasteiger partial charge is 0.381 e. The second-order valence-electron chi connectivity index (χ2n) is 6.18. The Morgan fingerprint density at radius 1 is 1.30 bits per heavy atom. The lowest BCUT2D eigenvalue weighted by Crippen LogP contribution is -2.62. The first kappa shape index (κ1) is 13.9. The summed E-state index contributed by atoms with van der Waals surface area (Å²) in [6.07, 6.45) is 7.85. The van der Waals surface area contributed by atoms with E-state index >= 15 is 0 Å². The molecule has 2 fully saturated rings. The lowest BCUT2D eigenvalue weighted by molar-refractivity contribution is -0.134. The first-order valence-electron chi connectivity index (χ1n) is 7.88. The van der Waals surface area contributed by atoms with Gasteiger partial charge in [-0.1, -0.05) is 25.3 Å². The van der Waals surface area contributed by atoms with Gasteiger partial charge >= 0.3 is 0 Å². The normalized spacial score (nSPS) is 28.1. The van der Waals surface area contributed by atoms with Crippen LogP contribution in [-0.4, -0.2) is 18.8 Å². The minimum Gasteiger partial charge on any atom is -0.381 e. The van der Waals surface area contributed by atoms with Gasteiger partial charge in [0.05, 0.1) is 6.10 Å². The van der Waals surface area contributed by atoms with E-state index in [4.69, 9.17) is 4.74 Å². The van der Waals surface area contributed by atoms with Crippen molar-refractivity contribution < 1.29 is 9.13 Å². The summed E-state index contributed by atoms with van der Waals surface area (Å²) in [7, 11) is 0. The molecule has 0 saturated heterocycles. The fourth-order valence-electron chi connectivity index (χ4n) is 4.05. The van der Waals surface area contributed by atoms with Crippen molar-refractivity contribution in [3.63, 3.8) is 0 Å². The van der Waals surface area contributed by atoms with Gasteiger partial charge in [0.1, 0.15) is 5.82 Å². The number of nitrogens with one attached hydrogen (secondary N) is 1. The molecule has 0 radical (unpaired) electrons. The molecule has 2 nitrogen and oxygen atoms in total. The fourth-order valence-corrected chi connectivity index (χ4v) is 4.05. The number of hydrogen-bond acceptors (Lipinski definition) is 2. The summed E-state index contributed by atoms with van der Waals surface area (Å²) in [6, 6.07) is 7.23. The van der Waals surface area contributed by atoms with Gasteiger partial charge < -0.3 is 10.1 Å². The summed E-state index contributed by atoms with van der Waals surface area (Å²) in [5.41, 5.74) is 1.18. The van der Waals surface area contributed by atoms with Crippen LogP contribution in [0.3, 0.4) is 0 Å². The van der Waals surface area contributed by atoms with Gasteiger partial charge in [-0.3, -0.25) is 0 Å². The Morgan fingerprint density at radius 2 is 2.10 bits per heavy atom. The van der Waals surface area contributed by atoms with Crippen LogP contribution in [0.2, 0.25) is 0 Å². The van der Waals surface area contributed by atoms with Gasteiger partial charge in [0, 0.05) is 23.8 Å². The SMILES string of the molecule is CCOC1CC(Nc2cccc(F)c2)C12CCCCC2. The van der Waals surface area contributed by atoms with E-state index in [1.165, 1.54) is 38.2 Å². The fraction of sp³-hybridized carbons (Fsp3) is 0.647. The second kappa shape index (κ2) is 5.72. The molecule has 1 aromatic rings. The van der Waals surface area contributed by atoms with Crippen LogP contribution >= 0.6 is 0 Å². The molecule has 0 heterocycles. The summed E-state index contributed by atoms with van der Waals surface area (Å²) in [6.45, 7) is 2.86. The molecule has 2 atom stereocenters. The highest BCUT2D eigenvalue weighted by Gasteiger charge is 2.55. The van der Waals surface area contributed by atoms with Crippen molar-refractivity contribution in [1.82, 2.24) is 0 Å². The Labute approximate surface area is 120 Å². The Bertz CT molecular complexity index is 456. The highest BCUT2D eigenvalue weighted by atomic mass is 19.1. The van der Waals surface area contributed by atoms with Gasteiger partial charge in [-0.05, 0) is 44.4 Å². The van der Waals surface area contributed by atoms with Gasteiger partial charge in [0.15, 0.2) is 0 Å². The Morgan fingerprint density at radius 3 is 2.80 bits per heavy atom. The molecule has 0 bridgehead atoms. The van der Waals surface area contributed by atoms with Crippen molar-refractivity contribution >= 4 is 5.69 Å². The maximum atomic E-state index is 13.3. The molecule has 2 unspecified atom stereocenters.